The van der Waals surface area contributed by atoms with E-state index in [-0.39, 0.29) is 28.9 Å². The summed E-state index contributed by atoms with van der Waals surface area (Å²) in [5, 5.41) is 6.90. The number of hydrogen-bond donors (Lipinski definition) is 3. The van der Waals surface area contributed by atoms with Crippen molar-refractivity contribution in [2.24, 2.45) is 17.1 Å². The van der Waals surface area contributed by atoms with Gasteiger partial charge in [-0.3, -0.25) is 9.59 Å². The van der Waals surface area contributed by atoms with Gasteiger partial charge >= 0.3 is 0 Å². The minimum absolute atomic E-state index is 0.0853. The fourth-order valence-corrected chi connectivity index (χ4v) is 4.97. The number of nitrogens with zero attached hydrogens (tertiary/aromatic N) is 1. The fraction of sp³-hybridized carbons (Fsp3) is 0.643. The van der Waals surface area contributed by atoms with Crippen LogP contribution < -0.4 is 16.4 Å². The van der Waals surface area contributed by atoms with Crippen molar-refractivity contribution in [2.45, 2.75) is 30.4 Å². The summed E-state index contributed by atoms with van der Waals surface area (Å²) in [6.45, 7) is 3.89. The van der Waals surface area contributed by atoms with Crippen LogP contribution in [0.1, 0.15) is 25.0 Å². The minimum atomic E-state index is -0.353. The summed E-state index contributed by atoms with van der Waals surface area (Å²) in [5.74, 6) is 0.0895. The number of nitrogens with one attached hydrogen (secondary N) is 2. The van der Waals surface area contributed by atoms with Gasteiger partial charge in [-0.2, -0.15) is 0 Å². The van der Waals surface area contributed by atoms with Crippen LogP contribution in [0, 0.1) is 18.3 Å². The zero-order chi connectivity index (χ0) is 15.7. The van der Waals surface area contributed by atoms with E-state index in [1.807, 2.05) is 6.92 Å². The maximum atomic E-state index is 12.4. The zero-order valence-corrected chi connectivity index (χ0v) is 14.1. The standard InChI is InChI=1S/C14H20N4O2S2/c1-8-12(21-7-10(15)19)22-13(17-8)18-11(20)9-6-14(9)2-4-16-5-3-14/h9,16H,2-7H2,1H3,(H2,15,19)(H,17,18,20). The fourth-order valence-electron chi connectivity index (χ4n) is 3.09. The monoisotopic (exact) mass is 340 g/mol. The molecule has 22 heavy (non-hydrogen) atoms. The van der Waals surface area contributed by atoms with E-state index in [2.05, 4.69) is 15.6 Å². The second-order valence-electron chi connectivity index (χ2n) is 6.01. The number of thiazole rings is 1. The Balaban J connectivity index is 1.58. The predicted molar refractivity (Wildman–Crippen MR) is 88.0 cm³/mol. The molecule has 1 aliphatic carbocycles. The van der Waals surface area contributed by atoms with Gasteiger partial charge in [0.05, 0.1) is 15.7 Å². The SMILES string of the molecule is Cc1nc(NC(=O)C2CC23CCNCC3)sc1SCC(N)=O. The Labute approximate surface area is 137 Å². The van der Waals surface area contributed by atoms with Gasteiger partial charge in [0.1, 0.15) is 0 Å². The molecule has 120 valence electrons. The van der Waals surface area contributed by atoms with Crippen LogP contribution in [-0.4, -0.2) is 35.6 Å². The lowest BCUT2D eigenvalue weighted by atomic mass is 9.92. The molecule has 1 saturated carbocycles. The first-order valence-corrected chi connectivity index (χ1v) is 9.20. The van der Waals surface area contributed by atoms with E-state index in [4.69, 9.17) is 5.73 Å². The number of carbonyl (C=O) groups is 2. The van der Waals surface area contributed by atoms with Crippen molar-refractivity contribution in [3.05, 3.63) is 5.69 Å². The number of aryl methyl sites for hydroxylation is 1. The topological polar surface area (TPSA) is 97.1 Å². The highest BCUT2D eigenvalue weighted by Crippen LogP contribution is 2.58. The van der Waals surface area contributed by atoms with Gasteiger partial charge in [-0.1, -0.05) is 11.3 Å². The van der Waals surface area contributed by atoms with Crippen LogP contribution in [0.15, 0.2) is 4.21 Å². The van der Waals surface area contributed by atoms with Crippen LogP contribution in [0.4, 0.5) is 5.13 Å². The van der Waals surface area contributed by atoms with Crippen LogP contribution in [0.2, 0.25) is 0 Å². The molecule has 0 radical (unpaired) electrons. The number of piperidine rings is 1. The Morgan fingerprint density at radius 3 is 2.91 bits per heavy atom. The average Bonchev–Trinajstić information content (AvgIpc) is 3.04. The van der Waals surface area contributed by atoms with Crippen LogP contribution in [-0.2, 0) is 9.59 Å². The molecule has 1 aromatic heterocycles. The van der Waals surface area contributed by atoms with Crippen LogP contribution in [0.3, 0.4) is 0 Å². The molecule has 2 fully saturated rings. The predicted octanol–water partition coefficient (Wildman–Crippen LogP) is 1.36. The number of rotatable bonds is 5. The molecule has 1 aromatic rings. The van der Waals surface area contributed by atoms with Gasteiger partial charge in [0, 0.05) is 5.92 Å². The largest absolute Gasteiger partial charge is 0.369 e. The summed E-state index contributed by atoms with van der Waals surface area (Å²) in [5.41, 5.74) is 6.21. The van der Waals surface area contributed by atoms with Crippen molar-refractivity contribution in [1.29, 1.82) is 0 Å². The third kappa shape index (κ3) is 3.28. The second kappa shape index (κ2) is 6.17. The van der Waals surface area contributed by atoms with Gasteiger partial charge in [-0.15, -0.1) is 11.8 Å². The molecule has 1 spiro atoms. The van der Waals surface area contributed by atoms with Crippen molar-refractivity contribution in [1.82, 2.24) is 10.3 Å². The summed E-state index contributed by atoms with van der Waals surface area (Å²) in [6, 6.07) is 0. The number of anilines is 1. The van der Waals surface area contributed by atoms with Crippen molar-refractivity contribution in [3.8, 4) is 0 Å². The van der Waals surface area contributed by atoms with E-state index in [1.165, 1.54) is 23.1 Å². The second-order valence-corrected chi connectivity index (χ2v) is 8.25. The highest BCUT2D eigenvalue weighted by Gasteiger charge is 2.57. The lowest BCUT2D eigenvalue weighted by Crippen LogP contribution is -2.31. The van der Waals surface area contributed by atoms with Gasteiger partial charge in [0.25, 0.3) is 0 Å². The van der Waals surface area contributed by atoms with Crippen molar-refractivity contribution < 1.29 is 9.59 Å². The molecule has 2 aliphatic rings. The molecule has 6 nitrogen and oxygen atoms in total. The van der Waals surface area contributed by atoms with Gasteiger partial charge in [0.2, 0.25) is 11.8 Å². The number of carbonyl (C=O) groups excluding carboxylic acids is 2. The zero-order valence-electron chi connectivity index (χ0n) is 12.5. The first-order valence-electron chi connectivity index (χ1n) is 7.40. The number of thioether (sulfide) groups is 1. The number of aromatic nitrogens is 1. The Kier molecular flexibility index (Phi) is 4.42. The molecule has 1 atom stereocenters. The quantitative estimate of drug-likeness (QED) is 0.703. The number of primary amides is 1. The molecule has 3 rings (SSSR count). The van der Waals surface area contributed by atoms with Crippen LogP contribution >= 0.6 is 23.1 Å². The average molecular weight is 340 g/mol. The highest BCUT2D eigenvalue weighted by molar-refractivity contribution is 8.01. The molecule has 0 bridgehead atoms. The molecule has 1 aliphatic heterocycles. The molecule has 0 aromatic carbocycles. The Morgan fingerprint density at radius 2 is 2.23 bits per heavy atom. The first kappa shape index (κ1) is 15.8. The maximum absolute atomic E-state index is 12.4. The molecule has 2 amide bonds. The normalized spacial score (nSPS) is 22.5. The third-order valence-corrected chi connectivity index (χ3v) is 6.89. The molecule has 2 heterocycles. The summed E-state index contributed by atoms with van der Waals surface area (Å²) in [4.78, 5) is 27.6. The van der Waals surface area contributed by atoms with Crippen LogP contribution in [0.25, 0.3) is 0 Å². The van der Waals surface area contributed by atoms with E-state index in [0.717, 1.165) is 42.3 Å². The highest BCUT2D eigenvalue weighted by atomic mass is 32.2. The minimum Gasteiger partial charge on any atom is -0.369 e. The van der Waals surface area contributed by atoms with E-state index in [0.29, 0.717) is 5.13 Å². The lowest BCUT2D eigenvalue weighted by molar-refractivity contribution is -0.118. The van der Waals surface area contributed by atoms with Crippen molar-refractivity contribution in [2.75, 3.05) is 24.2 Å². The number of nitrogens with two attached hydrogens (primary N) is 1. The van der Waals surface area contributed by atoms with E-state index >= 15 is 0 Å². The van der Waals surface area contributed by atoms with E-state index in [9.17, 15) is 9.59 Å². The third-order valence-electron chi connectivity index (χ3n) is 4.44. The first-order chi connectivity index (χ1) is 10.5. The summed E-state index contributed by atoms with van der Waals surface area (Å²) in [6.07, 6.45) is 3.16. The van der Waals surface area contributed by atoms with Gasteiger partial charge in [-0.05, 0) is 44.7 Å². The lowest BCUT2D eigenvalue weighted by Gasteiger charge is -2.22. The molecular formula is C14H20N4O2S2. The van der Waals surface area contributed by atoms with Gasteiger partial charge in [0.15, 0.2) is 5.13 Å². The Hall–Kier alpha value is -1.12. The molecule has 1 saturated heterocycles. The van der Waals surface area contributed by atoms with Gasteiger partial charge in [-0.25, -0.2) is 4.98 Å². The smallest absolute Gasteiger partial charge is 0.229 e. The van der Waals surface area contributed by atoms with Crippen LogP contribution in [0.5, 0.6) is 0 Å². The number of amides is 2. The van der Waals surface area contributed by atoms with E-state index in [1.54, 1.807) is 0 Å². The summed E-state index contributed by atoms with van der Waals surface area (Å²) >= 11 is 2.78. The molecule has 1 unspecified atom stereocenters. The Morgan fingerprint density at radius 1 is 1.50 bits per heavy atom. The number of hydrogen-bond acceptors (Lipinski definition) is 6. The molecular weight excluding hydrogens is 320 g/mol. The van der Waals surface area contributed by atoms with Crippen molar-refractivity contribution >= 4 is 40.0 Å². The summed E-state index contributed by atoms with van der Waals surface area (Å²) in [7, 11) is 0. The molecule has 4 N–H and O–H groups in total. The molecule has 8 heteroatoms. The van der Waals surface area contributed by atoms with Gasteiger partial charge < -0.3 is 16.4 Å². The maximum Gasteiger partial charge on any atom is 0.229 e. The van der Waals surface area contributed by atoms with E-state index < -0.39 is 0 Å². The van der Waals surface area contributed by atoms with Crippen molar-refractivity contribution in [3.63, 3.8) is 0 Å². The Bertz CT molecular complexity index is 596. The summed E-state index contributed by atoms with van der Waals surface area (Å²) < 4.78 is 0.932.